The van der Waals surface area contributed by atoms with Gasteiger partial charge in [0, 0.05) is 24.4 Å². The lowest BCUT2D eigenvalue weighted by Gasteiger charge is -2.19. The van der Waals surface area contributed by atoms with Gasteiger partial charge in [-0.1, -0.05) is 18.2 Å². The molecule has 0 radical (unpaired) electrons. The van der Waals surface area contributed by atoms with Crippen LogP contribution in [0.1, 0.15) is 11.3 Å². The molecule has 1 saturated heterocycles. The molecule has 2 amide bonds. The Hall–Kier alpha value is -3.99. The van der Waals surface area contributed by atoms with Gasteiger partial charge in [-0.05, 0) is 23.6 Å². The molecule has 10 nitrogen and oxygen atoms in total. The molecule has 3 aromatic heterocycles. The zero-order chi connectivity index (χ0) is 24.2. The summed E-state index contributed by atoms with van der Waals surface area (Å²) < 4.78 is 7.11. The fourth-order valence-electron chi connectivity index (χ4n) is 4.18. The predicted octanol–water partition coefficient (Wildman–Crippen LogP) is 2.68. The highest BCUT2D eigenvalue weighted by Gasteiger charge is 2.36. The number of thiophene rings is 1. The number of ether oxygens (including phenoxy) is 1. The molecular weight excluding hydrogens is 466 g/mol. The molecule has 1 atom stereocenters. The Labute approximate surface area is 205 Å². The maximum atomic E-state index is 12.8. The average molecular weight is 492 g/mol. The first-order valence-corrected chi connectivity index (χ1v) is 12.2. The Balaban J connectivity index is 1.18. The number of para-hydroxylation sites is 2. The monoisotopic (exact) mass is 491 g/mol. The maximum Gasteiger partial charge on any atom is 0.227 e. The van der Waals surface area contributed by atoms with Gasteiger partial charge in [0.15, 0.2) is 5.65 Å². The molecule has 1 aliphatic rings. The molecule has 180 valence electrons. The second kappa shape index (κ2) is 10.1. The van der Waals surface area contributed by atoms with Crippen LogP contribution in [0.5, 0.6) is 5.75 Å². The van der Waals surface area contributed by atoms with Crippen molar-refractivity contribution in [1.82, 2.24) is 25.1 Å². The predicted molar refractivity (Wildman–Crippen MR) is 133 cm³/mol. The summed E-state index contributed by atoms with van der Waals surface area (Å²) in [6.07, 6.45) is 3.40. The SMILES string of the molecule is COc1ccccc1N1CC(C(=O)NCCn2ncc3c(NCc4cccs4)ncnc32)CC1=O. The molecule has 11 heteroatoms. The number of aromatic nitrogens is 4. The molecule has 0 bridgehead atoms. The number of carbonyl (C=O) groups is 2. The topological polar surface area (TPSA) is 114 Å². The number of carbonyl (C=O) groups excluding carboxylic acids is 2. The van der Waals surface area contributed by atoms with Crippen LogP contribution in [0.2, 0.25) is 0 Å². The molecule has 5 rings (SSSR count). The number of hydrogen-bond acceptors (Lipinski definition) is 8. The summed E-state index contributed by atoms with van der Waals surface area (Å²) in [5.74, 6) is 0.669. The number of fused-ring (bicyclic) bond motifs is 1. The van der Waals surface area contributed by atoms with E-state index < -0.39 is 5.92 Å². The van der Waals surface area contributed by atoms with Gasteiger partial charge in [-0.25, -0.2) is 14.6 Å². The second-order valence-corrected chi connectivity index (χ2v) is 9.16. The Morgan fingerprint density at radius 2 is 2.11 bits per heavy atom. The molecule has 1 aliphatic heterocycles. The van der Waals surface area contributed by atoms with E-state index in [0.29, 0.717) is 43.3 Å². The molecule has 4 aromatic rings. The third-order valence-electron chi connectivity index (χ3n) is 5.94. The smallest absolute Gasteiger partial charge is 0.227 e. The van der Waals surface area contributed by atoms with Gasteiger partial charge < -0.3 is 20.3 Å². The summed E-state index contributed by atoms with van der Waals surface area (Å²) in [6.45, 7) is 1.82. The number of anilines is 2. The van der Waals surface area contributed by atoms with E-state index in [2.05, 4.69) is 31.8 Å². The van der Waals surface area contributed by atoms with E-state index in [1.54, 1.807) is 40.3 Å². The highest BCUT2D eigenvalue weighted by molar-refractivity contribution is 7.09. The van der Waals surface area contributed by atoms with Crippen LogP contribution < -0.4 is 20.3 Å². The number of rotatable bonds is 9. The van der Waals surface area contributed by atoms with Crippen molar-refractivity contribution < 1.29 is 14.3 Å². The minimum absolute atomic E-state index is 0.0907. The average Bonchev–Trinajstić information content (AvgIpc) is 3.63. The standard InChI is InChI=1S/C24H25N7O3S/c1-34-20-7-3-2-6-19(20)30-14-16(11-21(30)32)24(33)25-8-9-31-23-18(13-29-31)22(27-15-28-23)26-12-17-5-4-10-35-17/h2-7,10,13,15-16H,8-9,11-12,14H2,1H3,(H,25,33)(H,26,27,28). The Bertz CT molecular complexity index is 1340. The van der Waals surface area contributed by atoms with Crippen molar-refractivity contribution in [3.8, 4) is 5.75 Å². The lowest BCUT2D eigenvalue weighted by Crippen LogP contribution is -2.35. The lowest BCUT2D eigenvalue weighted by molar-refractivity contribution is -0.126. The Kier molecular flexibility index (Phi) is 6.57. The molecule has 0 spiro atoms. The minimum atomic E-state index is -0.419. The van der Waals surface area contributed by atoms with Gasteiger partial charge in [-0.2, -0.15) is 5.10 Å². The highest BCUT2D eigenvalue weighted by Crippen LogP contribution is 2.32. The van der Waals surface area contributed by atoms with Crippen LogP contribution in [-0.2, 0) is 22.7 Å². The minimum Gasteiger partial charge on any atom is -0.495 e. The zero-order valence-corrected chi connectivity index (χ0v) is 20.0. The number of hydrogen-bond donors (Lipinski definition) is 2. The van der Waals surface area contributed by atoms with Crippen molar-refractivity contribution in [3.63, 3.8) is 0 Å². The first-order chi connectivity index (χ1) is 17.1. The Morgan fingerprint density at radius 3 is 2.94 bits per heavy atom. The first kappa shape index (κ1) is 22.8. The van der Waals surface area contributed by atoms with Crippen molar-refractivity contribution in [3.05, 3.63) is 59.2 Å². The van der Waals surface area contributed by atoms with Crippen LogP contribution in [0.4, 0.5) is 11.5 Å². The van der Waals surface area contributed by atoms with Gasteiger partial charge in [0.2, 0.25) is 11.8 Å². The number of benzene rings is 1. The fraction of sp³-hybridized carbons (Fsp3) is 0.292. The zero-order valence-electron chi connectivity index (χ0n) is 19.2. The summed E-state index contributed by atoms with van der Waals surface area (Å²) in [4.78, 5) is 36.9. The van der Waals surface area contributed by atoms with Crippen LogP contribution in [0.25, 0.3) is 11.0 Å². The van der Waals surface area contributed by atoms with E-state index in [-0.39, 0.29) is 18.2 Å². The van der Waals surface area contributed by atoms with Gasteiger partial charge in [0.25, 0.3) is 0 Å². The summed E-state index contributed by atoms with van der Waals surface area (Å²) in [5.41, 5.74) is 1.38. The third kappa shape index (κ3) is 4.80. The quantitative estimate of drug-likeness (QED) is 0.370. The number of methoxy groups -OCH3 is 1. The van der Waals surface area contributed by atoms with Crippen molar-refractivity contribution in [2.75, 3.05) is 30.4 Å². The molecule has 4 heterocycles. The molecule has 35 heavy (non-hydrogen) atoms. The molecule has 0 saturated carbocycles. The lowest BCUT2D eigenvalue weighted by atomic mass is 10.1. The van der Waals surface area contributed by atoms with Gasteiger partial charge in [0.05, 0.1) is 43.4 Å². The molecule has 0 aliphatic carbocycles. The van der Waals surface area contributed by atoms with Crippen molar-refractivity contribution in [2.45, 2.75) is 19.5 Å². The first-order valence-electron chi connectivity index (χ1n) is 11.3. The normalized spacial score (nSPS) is 15.5. The summed E-state index contributed by atoms with van der Waals surface area (Å²) in [5, 5.41) is 13.6. The molecule has 1 aromatic carbocycles. The van der Waals surface area contributed by atoms with Crippen molar-refractivity contribution >= 4 is 45.7 Å². The van der Waals surface area contributed by atoms with E-state index in [0.717, 1.165) is 11.2 Å². The largest absolute Gasteiger partial charge is 0.495 e. The molecule has 2 N–H and O–H groups in total. The van der Waals surface area contributed by atoms with Gasteiger partial charge in [-0.3, -0.25) is 9.59 Å². The van der Waals surface area contributed by atoms with Gasteiger partial charge >= 0.3 is 0 Å². The number of amides is 2. The number of nitrogens with one attached hydrogen (secondary N) is 2. The summed E-state index contributed by atoms with van der Waals surface area (Å²) >= 11 is 1.68. The van der Waals surface area contributed by atoms with E-state index in [1.165, 1.54) is 11.2 Å². The van der Waals surface area contributed by atoms with Crippen LogP contribution >= 0.6 is 11.3 Å². The molecular formula is C24H25N7O3S. The van der Waals surface area contributed by atoms with Gasteiger partial charge in [-0.15, -0.1) is 11.3 Å². The number of nitrogens with zero attached hydrogens (tertiary/aromatic N) is 5. The Morgan fingerprint density at radius 1 is 1.23 bits per heavy atom. The van der Waals surface area contributed by atoms with Gasteiger partial charge in [0.1, 0.15) is 17.9 Å². The maximum absolute atomic E-state index is 12.8. The van der Waals surface area contributed by atoms with Crippen LogP contribution in [0, 0.1) is 5.92 Å². The summed E-state index contributed by atoms with van der Waals surface area (Å²) in [7, 11) is 1.57. The van der Waals surface area contributed by atoms with E-state index in [4.69, 9.17) is 4.74 Å². The third-order valence-corrected chi connectivity index (χ3v) is 6.81. The van der Waals surface area contributed by atoms with Crippen molar-refractivity contribution in [2.24, 2.45) is 5.92 Å². The van der Waals surface area contributed by atoms with Crippen molar-refractivity contribution in [1.29, 1.82) is 0 Å². The second-order valence-electron chi connectivity index (χ2n) is 8.13. The summed E-state index contributed by atoms with van der Waals surface area (Å²) in [6, 6.07) is 11.4. The highest BCUT2D eigenvalue weighted by atomic mass is 32.1. The molecule has 1 fully saturated rings. The van der Waals surface area contributed by atoms with E-state index >= 15 is 0 Å². The van der Waals surface area contributed by atoms with Crippen LogP contribution in [0.3, 0.4) is 0 Å². The van der Waals surface area contributed by atoms with Crippen LogP contribution in [0.15, 0.2) is 54.3 Å². The fourth-order valence-corrected chi connectivity index (χ4v) is 4.82. The molecule has 1 unspecified atom stereocenters. The van der Waals surface area contributed by atoms with E-state index in [9.17, 15) is 9.59 Å². The van der Waals surface area contributed by atoms with Crippen LogP contribution in [-0.4, -0.2) is 51.8 Å². The van der Waals surface area contributed by atoms with E-state index in [1.807, 2.05) is 29.6 Å².